The van der Waals surface area contributed by atoms with Gasteiger partial charge in [0.15, 0.2) is 0 Å². The zero-order valence-corrected chi connectivity index (χ0v) is 11.8. The van der Waals surface area contributed by atoms with E-state index in [9.17, 15) is 12.8 Å². The summed E-state index contributed by atoms with van der Waals surface area (Å²) in [4.78, 5) is 0.919. The van der Waals surface area contributed by atoms with E-state index in [0.717, 1.165) is 10.9 Å². The number of nitrogens with one attached hydrogen (secondary N) is 2. The lowest BCUT2D eigenvalue weighted by molar-refractivity contribution is 0.603. The number of sulfonamides is 1. The molecule has 1 aromatic carbocycles. The molecule has 0 saturated heterocycles. The van der Waals surface area contributed by atoms with E-state index in [1.165, 1.54) is 29.5 Å². The first-order valence-corrected chi connectivity index (χ1v) is 7.83. The van der Waals surface area contributed by atoms with Gasteiger partial charge in [-0.05, 0) is 37.4 Å². The van der Waals surface area contributed by atoms with Crippen LogP contribution in [0, 0.1) is 5.82 Å². The fourth-order valence-electron chi connectivity index (χ4n) is 1.53. The Kier molecular flexibility index (Phi) is 4.18. The molecule has 0 aliphatic carbocycles. The Morgan fingerprint density at radius 3 is 2.74 bits per heavy atom. The van der Waals surface area contributed by atoms with Crippen LogP contribution in [0.4, 0.5) is 10.1 Å². The molecule has 19 heavy (non-hydrogen) atoms. The highest BCUT2D eigenvalue weighted by atomic mass is 32.2. The maximum absolute atomic E-state index is 13.0. The first-order valence-electron chi connectivity index (χ1n) is 5.53. The lowest BCUT2D eigenvalue weighted by Gasteiger charge is -2.05. The molecule has 0 spiro atoms. The first-order chi connectivity index (χ1) is 9.01. The van der Waals surface area contributed by atoms with Crippen molar-refractivity contribution in [3.63, 3.8) is 0 Å². The summed E-state index contributed by atoms with van der Waals surface area (Å²) in [5, 5.41) is 2.95. The second-order valence-electron chi connectivity index (χ2n) is 3.87. The number of hydrogen-bond acceptors (Lipinski definition) is 4. The van der Waals surface area contributed by atoms with Gasteiger partial charge < -0.3 is 5.32 Å². The Labute approximate surface area is 115 Å². The fourth-order valence-corrected chi connectivity index (χ4v) is 3.95. The molecule has 1 heterocycles. The SMILES string of the molecule is CNCc1ccc(S(=O)(=O)Nc2cccc(F)c2)s1. The average Bonchev–Trinajstić information content (AvgIpc) is 2.78. The van der Waals surface area contributed by atoms with Crippen LogP contribution in [0.25, 0.3) is 0 Å². The number of benzene rings is 1. The van der Waals surface area contributed by atoms with E-state index in [1.54, 1.807) is 19.2 Å². The zero-order chi connectivity index (χ0) is 13.9. The summed E-state index contributed by atoms with van der Waals surface area (Å²) < 4.78 is 39.7. The van der Waals surface area contributed by atoms with Gasteiger partial charge in [0, 0.05) is 11.4 Å². The van der Waals surface area contributed by atoms with Gasteiger partial charge >= 0.3 is 0 Å². The summed E-state index contributed by atoms with van der Waals surface area (Å²) in [7, 11) is -1.86. The molecule has 0 unspecified atom stereocenters. The van der Waals surface area contributed by atoms with E-state index < -0.39 is 15.8 Å². The van der Waals surface area contributed by atoms with Gasteiger partial charge in [-0.1, -0.05) is 6.07 Å². The Hall–Kier alpha value is -1.44. The molecule has 4 nitrogen and oxygen atoms in total. The third-order valence-electron chi connectivity index (χ3n) is 2.33. The second kappa shape index (κ2) is 5.68. The van der Waals surface area contributed by atoms with Gasteiger partial charge in [0.2, 0.25) is 0 Å². The second-order valence-corrected chi connectivity index (χ2v) is 6.94. The molecule has 0 amide bonds. The molecule has 1 aromatic heterocycles. The first kappa shape index (κ1) is 14.0. The van der Waals surface area contributed by atoms with Crippen molar-refractivity contribution in [1.29, 1.82) is 0 Å². The average molecular weight is 300 g/mol. The molecule has 102 valence electrons. The number of thiophene rings is 1. The molecule has 0 atom stereocenters. The summed E-state index contributed by atoms with van der Waals surface area (Å²) in [5.74, 6) is -0.484. The van der Waals surface area contributed by atoms with Crippen LogP contribution in [-0.4, -0.2) is 15.5 Å². The molecule has 7 heteroatoms. The predicted octanol–water partition coefficient (Wildman–Crippen LogP) is 2.41. The van der Waals surface area contributed by atoms with Crippen molar-refractivity contribution in [2.45, 2.75) is 10.8 Å². The Bertz CT molecular complexity index is 668. The number of halogens is 1. The molecule has 0 radical (unpaired) electrons. The quantitative estimate of drug-likeness (QED) is 0.891. The summed E-state index contributed by atoms with van der Waals surface area (Å²) in [6.07, 6.45) is 0. The molecule has 0 saturated carbocycles. The molecule has 2 aromatic rings. The molecular formula is C12H13FN2O2S2. The maximum Gasteiger partial charge on any atom is 0.271 e. The minimum atomic E-state index is -3.65. The zero-order valence-electron chi connectivity index (χ0n) is 10.2. The highest BCUT2D eigenvalue weighted by Crippen LogP contribution is 2.24. The highest BCUT2D eigenvalue weighted by molar-refractivity contribution is 7.94. The van der Waals surface area contributed by atoms with Crippen molar-refractivity contribution < 1.29 is 12.8 Å². The third-order valence-corrected chi connectivity index (χ3v) is 5.29. The lowest BCUT2D eigenvalue weighted by Crippen LogP contribution is -2.11. The maximum atomic E-state index is 13.0. The standard InChI is InChI=1S/C12H13FN2O2S2/c1-14-8-11-5-6-12(18-11)19(16,17)15-10-4-2-3-9(13)7-10/h2-7,14-15H,8H2,1H3. The van der Waals surface area contributed by atoms with E-state index in [1.807, 2.05) is 0 Å². The normalized spacial score (nSPS) is 11.5. The number of rotatable bonds is 5. The summed E-state index contributed by atoms with van der Waals surface area (Å²) in [5.41, 5.74) is 0.212. The van der Waals surface area contributed by atoms with Crippen LogP contribution in [0.5, 0.6) is 0 Å². The van der Waals surface area contributed by atoms with Gasteiger partial charge in [-0.3, -0.25) is 4.72 Å². The van der Waals surface area contributed by atoms with Crippen molar-refractivity contribution in [2.75, 3.05) is 11.8 Å². The largest absolute Gasteiger partial charge is 0.315 e. The summed E-state index contributed by atoms with van der Waals surface area (Å²) in [6, 6.07) is 8.64. The van der Waals surface area contributed by atoms with Crippen LogP contribution in [0.1, 0.15) is 4.88 Å². The van der Waals surface area contributed by atoms with Gasteiger partial charge in [0.05, 0.1) is 5.69 Å². The topological polar surface area (TPSA) is 58.2 Å². The van der Waals surface area contributed by atoms with E-state index in [4.69, 9.17) is 0 Å². The van der Waals surface area contributed by atoms with Crippen LogP contribution in [0.2, 0.25) is 0 Å². The van der Waals surface area contributed by atoms with Crippen molar-refractivity contribution >= 4 is 27.0 Å². The van der Waals surface area contributed by atoms with E-state index in [2.05, 4.69) is 10.0 Å². The van der Waals surface area contributed by atoms with Crippen molar-refractivity contribution in [3.8, 4) is 0 Å². The summed E-state index contributed by atoms with van der Waals surface area (Å²) in [6.45, 7) is 0.611. The molecule has 0 aliphatic heterocycles. The highest BCUT2D eigenvalue weighted by Gasteiger charge is 2.17. The van der Waals surface area contributed by atoms with E-state index in [0.29, 0.717) is 6.54 Å². The number of hydrogen-bond donors (Lipinski definition) is 2. The smallest absolute Gasteiger partial charge is 0.271 e. The van der Waals surface area contributed by atoms with E-state index >= 15 is 0 Å². The van der Waals surface area contributed by atoms with Crippen LogP contribution in [0.3, 0.4) is 0 Å². The van der Waals surface area contributed by atoms with Crippen molar-refractivity contribution in [1.82, 2.24) is 5.32 Å². The van der Waals surface area contributed by atoms with Gasteiger partial charge in [-0.15, -0.1) is 11.3 Å². The van der Waals surface area contributed by atoms with Gasteiger partial charge in [-0.2, -0.15) is 0 Å². The summed E-state index contributed by atoms with van der Waals surface area (Å²) >= 11 is 1.18. The minimum Gasteiger partial charge on any atom is -0.315 e. The van der Waals surface area contributed by atoms with Crippen LogP contribution in [-0.2, 0) is 16.6 Å². The van der Waals surface area contributed by atoms with Crippen molar-refractivity contribution in [2.24, 2.45) is 0 Å². The van der Waals surface area contributed by atoms with Crippen LogP contribution >= 0.6 is 11.3 Å². The lowest BCUT2D eigenvalue weighted by atomic mass is 10.3. The van der Waals surface area contributed by atoms with E-state index in [-0.39, 0.29) is 9.90 Å². The fraction of sp³-hybridized carbons (Fsp3) is 0.167. The monoisotopic (exact) mass is 300 g/mol. The Balaban J connectivity index is 2.22. The Morgan fingerprint density at radius 1 is 1.26 bits per heavy atom. The van der Waals surface area contributed by atoms with Gasteiger partial charge in [-0.25, -0.2) is 12.8 Å². The predicted molar refractivity (Wildman–Crippen MR) is 74.3 cm³/mol. The molecule has 2 rings (SSSR count). The van der Waals surface area contributed by atoms with Crippen LogP contribution < -0.4 is 10.0 Å². The number of anilines is 1. The van der Waals surface area contributed by atoms with Gasteiger partial charge in [0.1, 0.15) is 10.0 Å². The van der Waals surface area contributed by atoms with Gasteiger partial charge in [0.25, 0.3) is 10.0 Å². The van der Waals surface area contributed by atoms with Crippen LogP contribution in [0.15, 0.2) is 40.6 Å². The molecule has 0 aliphatic rings. The molecule has 0 bridgehead atoms. The molecule has 2 N–H and O–H groups in total. The molecule has 0 fully saturated rings. The minimum absolute atomic E-state index is 0.210. The molecular weight excluding hydrogens is 287 g/mol. The Morgan fingerprint density at radius 2 is 2.05 bits per heavy atom. The third kappa shape index (κ3) is 3.52. The van der Waals surface area contributed by atoms with Crippen molar-refractivity contribution in [3.05, 3.63) is 47.1 Å².